The number of fused-ring (bicyclic) bond motifs is 2. The number of aliphatic hydroxyl groups excluding tert-OH is 1. The highest BCUT2D eigenvalue weighted by molar-refractivity contribution is 5.75. The molecule has 2 aromatic rings. The fourth-order valence-electron chi connectivity index (χ4n) is 5.10. The standard InChI is InChI=1S/C19H28N6O/c1-23-4-6-24(7-5-23)16-8-14-11-25(12-15(14)9-17(16)26)19-21-10-13-2-3-20-18(13)22-19/h2-3,10,14-17,26H,4-9,11-12H2,1H3,(H,20,21,22)/t14-,15+,16-,17-/m1/s1. The number of aliphatic hydroxyl groups is 1. The molecule has 5 rings (SSSR count). The van der Waals surface area contributed by atoms with Gasteiger partial charge in [0.1, 0.15) is 5.65 Å². The highest BCUT2D eigenvalue weighted by Crippen LogP contribution is 2.39. The molecular formula is C19H28N6O. The summed E-state index contributed by atoms with van der Waals surface area (Å²) in [5.41, 5.74) is 0.903. The van der Waals surface area contributed by atoms with Gasteiger partial charge in [-0.05, 0) is 37.8 Å². The van der Waals surface area contributed by atoms with E-state index in [9.17, 15) is 5.11 Å². The Morgan fingerprint density at radius 3 is 2.69 bits per heavy atom. The zero-order valence-corrected chi connectivity index (χ0v) is 15.4. The summed E-state index contributed by atoms with van der Waals surface area (Å²) in [7, 11) is 2.18. The average molecular weight is 356 g/mol. The fraction of sp³-hybridized carbons (Fsp3) is 0.684. The van der Waals surface area contributed by atoms with E-state index >= 15 is 0 Å². The number of aromatic nitrogens is 3. The summed E-state index contributed by atoms with van der Waals surface area (Å²) in [6, 6.07) is 2.32. The lowest BCUT2D eigenvalue weighted by Crippen LogP contribution is -2.55. The van der Waals surface area contributed by atoms with Crippen LogP contribution in [0.4, 0.5) is 5.95 Å². The Bertz CT molecular complexity index is 770. The van der Waals surface area contributed by atoms with Crippen molar-refractivity contribution in [2.75, 3.05) is 51.2 Å². The smallest absolute Gasteiger partial charge is 0.227 e. The van der Waals surface area contributed by atoms with Crippen molar-refractivity contribution in [3.8, 4) is 0 Å². The van der Waals surface area contributed by atoms with Gasteiger partial charge in [-0.3, -0.25) is 4.90 Å². The Kier molecular flexibility index (Phi) is 4.10. The van der Waals surface area contributed by atoms with Gasteiger partial charge in [0.05, 0.1) is 6.10 Å². The lowest BCUT2D eigenvalue weighted by molar-refractivity contribution is -0.0249. The molecule has 0 aromatic carbocycles. The van der Waals surface area contributed by atoms with Gasteiger partial charge in [-0.25, -0.2) is 4.98 Å². The highest BCUT2D eigenvalue weighted by atomic mass is 16.3. The molecule has 3 aliphatic rings. The molecule has 4 atom stereocenters. The second-order valence-electron chi connectivity index (χ2n) is 8.32. The number of aromatic amines is 1. The predicted octanol–water partition coefficient (Wildman–Crippen LogP) is 0.781. The number of nitrogens with zero attached hydrogens (tertiary/aromatic N) is 5. The molecule has 2 aliphatic heterocycles. The third-order valence-corrected chi connectivity index (χ3v) is 6.69. The minimum absolute atomic E-state index is 0.202. The molecule has 1 aliphatic carbocycles. The molecular weight excluding hydrogens is 328 g/mol. The molecule has 0 radical (unpaired) electrons. The Labute approximate surface area is 154 Å². The van der Waals surface area contributed by atoms with Gasteiger partial charge in [-0.1, -0.05) is 0 Å². The van der Waals surface area contributed by atoms with Crippen molar-refractivity contribution in [1.82, 2.24) is 24.8 Å². The molecule has 0 bridgehead atoms. The van der Waals surface area contributed by atoms with E-state index < -0.39 is 0 Å². The molecule has 4 heterocycles. The number of nitrogens with one attached hydrogen (secondary N) is 1. The highest BCUT2D eigenvalue weighted by Gasteiger charge is 2.44. The van der Waals surface area contributed by atoms with Gasteiger partial charge in [0.25, 0.3) is 0 Å². The molecule has 2 saturated heterocycles. The van der Waals surface area contributed by atoms with E-state index in [-0.39, 0.29) is 6.10 Å². The van der Waals surface area contributed by atoms with Crippen molar-refractivity contribution in [3.63, 3.8) is 0 Å². The summed E-state index contributed by atoms with van der Waals surface area (Å²) in [6.45, 7) is 6.33. The SMILES string of the molecule is CN1CCN([C@@H]2C[C@@H]3CN(c4ncc5cc[nH]c5n4)C[C@@H]3C[C@H]2O)CC1. The summed E-state index contributed by atoms with van der Waals surface area (Å²) < 4.78 is 0. The largest absolute Gasteiger partial charge is 0.391 e. The van der Waals surface area contributed by atoms with Crippen molar-refractivity contribution in [2.45, 2.75) is 25.0 Å². The van der Waals surface area contributed by atoms with Crippen LogP contribution in [0.3, 0.4) is 0 Å². The second-order valence-corrected chi connectivity index (χ2v) is 8.32. The average Bonchev–Trinajstić information content (AvgIpc) is 3.27. The fourth-order valence-corrected chi connectivity index (χ4v) is 5.10. The van der Waals surface area contributed by atoms with Crippen LogP contribution in [0.25, 0.3) is 11.0 Å². The van der Waals surface area contributed by atoms with Crippen molar-refractivity contribution >= 4 is 17.0 Å². The third kappa shape index (κ3) is 2.88. The number of rotatable bonds is 2. The summed E-state index contributed by atoms with van der Waals surface area (Å²) >= 11 is 0. The molecule has 1 saturated carbocycles. The van der Waals surface area contributed by atoms with Gasteiger partial charge in [-0.2, -0.15) is 4.98 Å². The summed E-state index contributed by atoms with van der Waals surface area (Å²) in [5, 5.41) is 11.8. The normalized spacial score (nSPS) is 33.7. The monoisotopic (exact) mass is 356 g/mol. The van der Waals surface area contributed by atoms with Crippen LogP contribution >= 0.6 is 0 Å². The van der Waals surface area contributed by atoms with Gasteiger partial charge in [0.15, 0.2) is 0 Å². The Balaban J connectivity index is 1.29. The first-order valence-electron chi connectivity index (χ1n) is 9.83. The van der Waals surface area contributed by atoms with E-state index in [0.717, 1.165) is 69.1 Å². The van der Waals surface area contributed by atoms with Crippen LogP contribution in [-0.2, 0) is 0 Å². The summed E-state index contributed by atoms with van der Waals surface area (Å²) in [4.78, 5) is 19.7. The molecule has 2 N–H and O–H groups in total. The maximum atomic E-state index is 10.8. The maximum absolute atomic E-state index is 10.8. The molecule has 140 valence electrons. The molecule has 2 aromatic heterocycles. The third-order valence-electron chi connectivity index (χ3n) is 6.69. The first kappa shape index (κ1) is 16.5. The molecule has 0 amide bonds. The molecule has 0 spiro atoms. The maximum Gasteiger partial charge on any atom is 0.227 e. The number of hydrogen-bond donors (Lipinski definition) is 2. The molecule has 26 heavy (non-hydrogen) atoms. The number of likely N-dealkylation sites (N-methyl/N-ethyl adjacent to an activating group) is 1. The van der Waals surface area contributed by atoms with Crippen molar-refractivity contribution < 1.29 is 5.11 Å². The van der Waals surface area contributed by atoms with Gasteiger partial charge in [0.2, 0.25) is 5.95 Å². The first-order chi connectivity index (χ1) is 12.7. The van der Waals surface area contributed by atoms with E-state index in [0.29, 0.717) is 17.9 Å². The number of piperazine rings is 1. The summed E-state index contributed by atoms with van der Waals surface area (Å²) in [5.74, 6) is 2.00. The van der Waals surface area contributed by atoms with Gasteiger partial charge in [-0.15, -0.1) is 0 Å². The van der Waals surface area contributed by atoms with Crippen LogP contribution in [0.15, 0.2) is 18.5 Å². The zero-order chi connectivity index (χ0) is 17.7. The van der Waals surface area contributed by atoms with Crippen LogP contribution in [0, 0.1) is 11.8 Å². The Morgan fingerprint density at radius 1 is 1.12 bits per heavy atom. The van der Waals surface area contributed by atoms with E-state index in [4.69, 9.17) is 4.98 Å². The lowest BCUT2D eigenvalue weighted by Gasteiger charge is -2.44. The molecule has 0 unspecified atom stereocenters. The van der Waals surface area contributed by atoms with E-state index in [1.54, 1.807) is 0 Å². The van der Waals surface area contributed by atoms with Crippen LogP contribution < -0.4 is 4.90 Å². The van der Waals surface area contributed by atoms with Crippen molar-refractivity contribution in [3.05, 3.63) is 18.5 Å². The zero-order valence-electron chi connectivity index (χ0n) is 15.4. The number of hydrogen-bond acceptors (Lipinski definition) is 6. The second kappa shape index (κ2) is 6.48. The van der Waals surface area contributed by atoms with Crippen LogP contribution in [-0.4, -0.2) is 88.3 Å². The number of anilines is 1. The van der Waals surface area contributed by atoms with Crippen LogP contribution in [0.5, 0.6) is 0 Å². The Hall–Kier alpha value is -1.70. The Morgan fingerprint density at radius 2 is 1.88 bits per heavy atom. The van der Waals surface area contributed by atoms with Gasteiger partial charge < -0.3 is 19.9 Å². The molecule has 7 nitrogen and oxygen atoms in total. The molecule has 7 heteroatoms. The number of H-pyrrole nitrogens is 1. The minimum Gasteiger partial charge on any atom is -0.391 e. The van der Waals surface area contributed by atoms with Crippen LogP contribution in [0.2, 0.25) is 0 Å². The molecule has 3 fully saturated rings. The predicted molar refractivity (Wildman–Crippen MR) is 101 cm³/mol. The minimum atomic E-state index is -0.202. The lowest BCUT2D eigenvalue weighted by atomic mass is 9.77. The topological polar surface area (TPSA) is 71.5 Å². The summed E-state index contributed by atoms with van der Waals surface area (Å²) in [6.07, 6.45) is 5.60. The quantitative estimate of drug-likeness (QED) is 0.829. The van der Waals surface area contributed by atoms with Crippen molar-refractivity contribution in [1.29, 1.82) is 0 Å². The van der Waals surface area contributed by atoms with E-state index in [1.807, 2.05) is 18.5 Å². The van der Waals surface area contributed by atoms with E-state index in [1.165, 1.54) is 0 Å². The van der Waals surface area contributed by atoms with E-state index in [2.05, 4.69) is 31.7 Å². The van der Waals surface area contributed by atoms with Gasteiger partial charge in [0, 0.05) is 63.1 Å². The van der Waals surface area contributed by atoms with Gasteiger partial charge >= 0.3 is 0 Å². The van der Waals surface area contributed by atoms with Crippen LogP contribution in [0.1, 0.15) is 12.8 Å². The van der Waals surface area contributed by atoms with Crippen molar-refractivity contribution in [2.24, 2.45) is 11.8 Å². The first-order valence-corrected chi connectivity index (χ1v) is 9.83.